The number of rotatable bonds is 12. The van der Waals surface area contributed by atoms with Crippen molar-refractivity contribution < 1.29 is 120 Å². The molecule has 1 aliphatic carbocycles. The fourth-order valence-corrected chi connectivity index (χ4v) is 7.08. The van der Waals surface area contributed by atoms with E-state index in [4.69, 9.17) is 18.9 Å². The Morgan fingerprint density at radius 3 is 1.01 bits per heavy atom. The summed E-state index contributed by atoms with van der Waals surface area (Å²) >= 11 is 0. The van der Waals surface area contributed by atoms with Gasteiger partial charge in [-0.2, -0.15) is 0 Å². The highest BCUT2D eigenvalue weighted by Gasteiger charge is 2.52. The zero-order chi connectivity index (χ0) is 49.3. The van der Waals surface area contributed by atoms with Crippen LogP contribution >= 0.6 is 0 Å². The maximum atomic E-state index is 14.2. The second kappa shape index (κ2) is 18.4. The summed E-state index contributed by atoms with van der Waals surface area (Å²) < 4.78 is 22.7. The van der Waals surface area contributed by atoms with Crippen molar-refractivity contribution >= 4 is 29.7 Å². The number of esters is 4. The van der Waals surface area contributed by atoms with Crippen LogP contribution in [0.5, 0.6) is 86.2 Å². The second-order valence-electron chi connectivity index (χ2n) is 14.9. The first-order valence-electron chi connectivity index (χ1n) is 19.0. The summed E-state index contributed by atoms with van der Waals surface area (Å²) in [5, 5.41) is 151. The van der Waals surface area contributed by atoms with Gasteiger partial charge in [0.05, 0.1) is 28.9 Å². The Labute approximate surface area is 373 Å². The van der Waals surface area contributed by atoms with Gasteiger partial charge in [0.2, 0.25) is 0 Å². The predicted molar refractivity (Wildman–Crippen MR) is 216 cm³/mol. The van der Waals surface area contributed by atoms with E-state index >= 15 is 0 Å². The van der Waals surface area contributed by atoms with Crippen LogP contribution in [0.15, 0.2) is 60.7 Å². The molecule has 5 aromatic rings. The van der Waals surface area contributed by atoms with Gasteiger partial charge in [0.15, 0.2) is 92.0 Å². The maximum Gasteiger partial charge on any atom is 0.338 e. The zero-order valence-corrected chi connectivity index (χ0v) is 33.7. The Hall–Kier alpha value is -9.35. The van der Waals surface area contributed by atoms with E-state index in [1.807, 2.05) is 0 Å². The molecule has 1 fully saturated rings. The molecule has 0 radical (unpaired) electrons. The third-order valence-corrected chi connectivity index (χ3v) is 10.4. The van der Waals surface area contributed by atoms with Gasteiger partial charge in [0.25, 0.3) is 0 Å². The first-order chi connectivity index (χ1) is 31.4. The number of carbonyl (C=O) groups excluding carboxylic acids is 5. The van der Waals surface area contributed by atoms with Gasteiger partial charge in [0.1, 0.15) is 18.3 Å². The molecule has 1 aliphatic rings. The van der Waals surface area contributed by atoms with E-state index < -0.39 is 193 Å². The van der Waals surface area contributed by atoms with Crippen LogP contribution in [0.2, 0.25) is 0 Å². The van der Waals surface area contributed by atoms with Crippen LogP contribution in [0.25, 0.3) is 0 Å². The third-order valence-electron chi connectivity index (χ3n) is 10.4. The number of hydrogen-bond donors (Lipinski definition) is 15. The summed E-state index contributed by atoms with van der Waals surface area (Å²) in [6, 6.07) is 6.54. The molecule has 0 saturated heterocycles. The lowest BCUT2D eigenvalue weighted by molar-refractivity contribution is -0.139. The largest absolute Gasteiger partial charge is 0.504 e. The number of carbonyl (C=O) groups is 5. The molecule has 0 amide bonds. The number of benzene rings is 5. The van der Waals surface area contributed by atoms with Crippen molar-refractivity contribution in [2.45, 2.75) is 31.2 Å². The molecule has 1 saturated carbocycles. The molecule has 67 heavy (non-hydrogen) atoms. The Kier molecular flexibility index (Phi) is 12.9. The normalized spacial score (nSPS) is 17.8. The number of ketones is 1. The van der Waals surface area contributed by atoms with E-state index in [9.17, 15) is 101 Å². The Bertz CT molecular complexity index is 2720. The maximum absolute atomic E-state index is 14.2. The van der Waals surface area contributed by atoms with E-state index in [1.165, 1.54) is 0 Å². The summed E-state index contributed by atoms with van der Waals surface area (Å²) in [5.41, 5.74) is -3.18. The zero-order valence-electron chi connectivity index (χ0n) is 33.7. The average Bonchev–Trinajstić information content (AvgIpc) is 3.27. The quantitative estimate of drug-likeness (QED) is 0.0370. The summed E-state index contributed by atoms with van der Waals surface area (Å²) in [5.74, 6) is -25.8. The van der Waals surface area contributed by atoms with Crippen molar-refractivity contribution in [3.8, 4) is 86.2 Å². The molecule has 15 N–H and O–H groups in total. The van der Waals surface area contributed by atoms with Crippen LogP contribution in [0.4, 0.5) is 0 Å². The fraction of sp³-hybridized carbons (Fsp3) is 0.186. The summed E-state index contributed by atoms with van der Waals surface area (Å²) in [6.07, 6.45) is -7.80. The Balaban J connectivity index is 1.52. The number of hydrogen-bond acceptors (Lipinski definition) is 24. The van der Waals surface area contributed by atoms with Crippen molar-refractivity contribution in [1.82, 2.24) is 0 Å². The van der Waals surface area contributed by atoms with Gasteiger partial charge in [-0.25, -0.2) is 19.2 Å². The minimum Gasteiger partial charge on any atom is -0.504 e. The van der Waals surface area contributed by atoms with Gasteiger partial charge in [-0.05, 0) is 67.1 Å². The van der Waals surface area contributed by atoms with Crippen LogP contribution in [-0.4, -0.2) is 131 Å². The van der Waals surface area contributed by atoms with Gasteiger partial charge in [-0.3, -0.25) is 4.79 Å². The van der Waals surface area contributed by atoms with Crippen molar-refractivity contribution in [3.63, 3.8) is 0 Å². The van der Waals surface area contributed by atoms with E-state index in [0.29, 0.717) is 60.7 Å². The minimum atomic E-state index is -2.10. The molecule has 0 bridgehead atoms. The van der Waals surface area contributed by atoms with E-state index in [1.54, 1.807) is 0 Å². The molecular weight excluding hydrogens is 900 g/mol. The molecular formula is C43H36O24. The van der Waals surface area contributed by atoms with Crippen LogP contribution in [0.1, 0.15) is 64.6 Å². The number of aromatic hydroxyl groups is 15. The standard InChI is InChI=1S/C43H36O24/c44-21(14-1-22(45)33(55)23(46)2-14)12-20-38(66-42(62)17-7-28(51)36(58)29(52)8-17)19(13-64-40(60)15-3-24(47)34(56)25(48)4-15)11-32(65-41(61)16-5-26(49)35(57)27(50)6-16)39(20)67-43(63)18-9-30(53)37(59)31(54)10-18/h1-10,19-20,32,38-39,45-59H,11-13H2. The van der Waals surface area contributed by atoms with Crippen molar-refractivity contribution in [2.24, 2.45) is 11.8 Å². The molecule has 0 aromatic heterocycles. The highest BCUT2D eigenvalue weighted by molar-refractivity contribution is 5.98. The molecule has 5 unspecified atom stereocenters. The van der Waals surface area contributed by atoms with Crippen LogP contribution in [-0.2, 0) is 18.9 Å². The predicted octanol–water partition coefficient (Wildman–Crippen LogP) is 3.01. The first-order valence-corrected chi connectivity index (χ1v) is 19.0. The molecule has 0 aliphatic heterocycles. The number of phenolic OH excluding ortho intramolecular Hbond substituents is 15. The van der Waals surface area contributed by atoms with Crippen molar-refractivity contribution in [2.75, 3.05) is 6.61 Å². The molecule has 6 rings (SSSR count). The van der Waals surface area contributed by atoms with Gasteiger partial charge >= 0.3 is 23.9 Å². The average molecular weight is 937 g/mol. The Morgan fingerprint density at radius 2 is 0.672 bits per heavy atom. The van der Waals surface area contributed by atoms with Crippen molar-refractivity contribution in [1.29, 1.82) is 0 Å². The monoisotopic (exact) mass is 936 g/mol. The number of Topliss-reactive ketones (excluding diaryl/α,β-unsaturated/α-hetero) is 1. The first kappa shape index (κ1) is 47.1. The van der Waals surface area contributed by atoms with Gasteiger partial charge < -0.3 is 95.5 Å². The summed E-state index contributed by atoms with van der Waals surface area (Å²) in [4.78, 5) is 69.2. The highest BCUT2D eigenvalue weighted by Crippen LogP contribution is 2.44. The van der Waals surface area contributed by atoms with Crippen LogP contribution in [0, 0.1) is 11.8 Å². The van der Waals surface area contributed by atoms with Crippen LogP contribution in [0.3, 0.4) is 0 Å². The van der Waals surface area contributed by atoms with Gasteiger partial charge in [0, 0.05) is 23.8 Å². The molecule has 24 nitrogen and oxygen atoms in total. The SMILES string of the molecule is O=C(CC1C(OC(=O)c2cc(O)c(O)c(O)c2)C(COC(=O)c2cc(O)c(O)c(O)c2)CC(OC(=O)c2cc(O)c(O)c(O)c2)C1OC(=O)c1cc(O)c(O)c(O)c1)c1cc(O)c(O)c(O)c1. The van der Waals surface area contributed by atoms with E-state index in [2.05, 4.69) is 0 Å². The molecule has 0 spiro atoms. The third kappa shape index (κ3) is 9.76. The Morgan fingerprint density at radius 1 is 0.388 bits per heavy atom. The summed E-state index contributed by atoms with van der Waals surface area (Å²) in [7, 11) is 0. The topological polar surface area (TPSA) is 426 Å². The number of ether oxygens (including phenoxy) is 4. The second-order valence-corrected chi connectivity index (χ2v) is 14.9. The molecule has 5 aromatic carbocycles. The molecule has 352 valence electrons. The van der Waals surface area contributed by atoms with Gasteiger partial charge in [-0.1, -0.05) is 0 Å². The van der Waals surface area contributed by atoms with Crippen molar-refractivity contribution in [3.05, 3.63) is 88.5 Å². The lowest BCUT2D eigenvalue weighted by Gasteiger charge is -2.45. The molecule has 0 heterocycles. The van der Waals surface area contributed by atoms with Gasteiger partial charge in [-0.15, -0.1) is 0 Å². The van der Waals surface area contributed by atoms with Crippen LogP contribution < -0.4 is 0 Å². The fourth-order valence-electron chi connectivity index (χ4n) is 7.08. The molecule has 5 atom stereocenters. The summed E-state index contributed by atoms with van der Waals surface area (Å²) in [6.45, 7) is -0.952. The minimum absolute atomic E-state index is 0.561. The smallest absolute Gasteiger partial charge is 0.338 e. The van der Waals surface area contributed by atoms with E-state index in [0.717, 1.165) is 0 Å². The highest BCUT2D eigenvalue weighted by atomic mass is 16.6. The lowest BCUT2D eigenvalue weighted by Crippen LogP contribution is -2.56. The molecule has 24 heteroatoms. The van der Waals surface area contributed by atoms with E-state index in [-0.39, 0.29) is 0 Å². The lowest BCUT2D eigenvalue weighted by atomic mass is 9.72. The number of phenols is 15.